The zero-order chi connectivity index (χ0) is 6.91. The lowest BCUT2D eigenvalue weighted by Crippen LogP contribution is -2.66. The van der Waals surface area contributed by atoms with Crippen molar-refractivity contribution in [1.29, 1.82) is 0 Å². The van der Waals surface area contributed by atoms with E-state index in [1.807, 2.05) is 0 Å². The molecule has 1 rings (SSSR count). The molecule has 9 heavy (non-hydrogen) atoms. The van der Waals surface area contributed by atoms with Crippen LogP contribution in [0.1, 0.15) is 0 Å². The van der Waals surface area contributed by atoms with Crippen molar-refractivity contribution in [1.82, 2.24) is 5.01 Å². The molecule has 0 atom stereocenters. The highest BCUT2D eigenvalue weighted by Gasteiger charge is 2.42. The molecule has 4 nitrogen and oxygen atoms in total. The van der Waals surface area contributed by atoms with Crippen molar-refractivity contribution >= 4 is 0 Å². The van der Waals surface area contributed by atoms with Gasteiger partial charge in [-0.1, -0.05) is 0 Å². The average Bonchev–Trinajstić information content (AvgIpc) is 1.81. The molecule has 0 aliphatic carbocycles. The van der Waals surface area contributed by atoms with Gasteiger partial charge in [-0.15, -0.1) is 0 Å². The van der Waals surface area contributed by atoms with Crippen LogP contribution in [-0.2, 0) is 9.47 Å². The van der Waals surface area contributed by atoms with Crippen LogP contribution in [0.3, 0.4) is 0 Å². The number of ether oxygens (including phenoxy) is 2. The second-order valence-corrected chi connectivity index (χ2v) is 2.22. The standard InChI is InChI=1S/C5H12N2O2/c1-8-5(9-2)3-7(6)4-5/h3-4,6H2,1-2H3. The number of nitrogens with two attached hydrogens (primary N) is 1. The number of hydrogen-bond donors (Lipinski definition) is 1. The summed E-state index contributed by atoms with van der Waals surface area (Å²) in [4.78, 5) is 0. The van der Waals surface area contributed by atoms with Crippen molar-refractivity contribution in [3.05, 3.63) is 0 Å². The first kappa shape index (κ1) is 6.95. The summed E-state index contributed by atoms with van der Waals surface area (Å²) in [5.41, 5.74) is 0. The summed E-state index contributed by atoms with van der Waals surface area (Å²) in [5, 5.41) is 1.65. The second kappa shape index (κ2) is 2.22. The lowest BCUT2D eigenvalue weighted by molar-refractivity contribution is -0.276. The fraction of sp³-hybridized carbons (Fsp3) is 1.00. The lowest BCUT2D eigenvalue weighted by atomic mass is 10.1. The van der Waals surface area contributed by atoms with E-state index >= 15 is 0 Å². The van der Waals surface area contributed by atoms with Crippen LogP contribution in [0.25, 0.3) is 0 Å². The van der Waals surface area contributed by atoms with Gasteiger partial charge in [0.15, 0.2) is 5.79 Å². The summed E-state index contributed by atoms with van der Waals surface area (Å²) >= 11 is 0. The maximum absolute atomic E-state index is 5.38. The molecule has 0 saturated carbocycles. The minimum absolute atomic E-state index is 0.422. The molecule has 1 fully saturated rings. The fourth-order valence-electron chi connectivity index (χ4n) is 0.914. The molecule has 1 aliphatic heterocycles. The monoisotopic (exact) mass is 132 g/mol. The number of hydrazine groups is 1. The minimum atomic E-state index is -0.422. The molecule has 4 heteroatoms. The van der Waals surface area contributed by atoms with Gasteiger partial charge in [-0.3, -0.25) is 5.84 Å². The molecular formula is C5H12N2O2. The smallest absolute Gasteiger partial charge is 0.196 e. The predicted octanol–water partition coefficient (Wildman–Crippen LogP) is -0.835. The van der Waals surface area contributed by atoms with Crippen LogP contribution in [0.5, 0.6) is 0 Å². The van der Waals surface area contributed by atoms with Gasteiger partial charge >= 0.3 is 0 Å². The Labute approximate surface area is 54.5 Å². The summed E-state index contributed by atoms with van der Waals surface area (Å²) < 4.78 is 10.1. The van der Waals surface area contributed by atoms with E-state index in [2.05, 4.69) is 0 Å². The van der Waals surface area contributed by atoms with Gasteiger partial charge in [0.2, 0.25) is 0 Å². The fourth-order valence-corrected chi connectivity index (χ4v) is 0.914. The summed E-state index contributed by atoms with van der Waals surface area (Å²) in [6.07, 6.45) is 0. The molecule has 1 saturated heterocycles. The lowest BCUT2D eigenvalue weighted by Gasteiger charge is -2.44. The van der Waals surface area contributed by atoms with E-state index in [1.54, 1.807) is 19.2 Å². The van der Waals surface area contributed by atoms with E-state index in [0.717, 1.165) is 0 Å². The van der Waals surface area contributed by atoms with Gasteiger partial charge < -0.3 is 9.47 Å². The van der Waals surface area contributed by atoms with Crippen LogP contribution in [-0.4, -0.2) is 38.1 Å². The van der Waals surface area contributed by atoms with E-state index in [1.165, 1.54) is 0 Å². The van der Waals surface area contributed by atoms with Crippen molar-refractivity contribution < 1.29 is 9.47 Å². The van der Waals surface area contributed by atoms with Crippen LogP contribution >= 0.6 is 0 Å². The number of methoxy groups -OCH3 is 2. The van der Waals surface area contributed by atoms with Crippen LogP contribution in [0, 0.1) is 0 Å². The molecule has 0 radical (unpaired) electrons. The molecule has 0 bridgehead atoms. The third-order valence-electron chi connectivity index (χ3n) is 1.63. The molecule has 0 spiro atoms. The van der Waals surface area contributed by atoms with Gasteiger partial charge in [-0.2, -0.15) is 0 Å². The zero-order valence-corrected chi connectivity index (χ0v) is 5.76. The Morgan fingerprint density at radius 1 is 1.33 bits per heavy atom. The summed E-state index contributed by atoms with van der Waals surface area (Å²) in [6.45, 7) is 1.31. The van der Waals surface area contributed by atoms with Gasteiger partial charge in [0.05, 0.1) is 13.1 Å². The van der Waals surface area contributed by atoms with Crippen molar-refractivity contribution in [3.63, 3.8) is 0 Å². The summed E-state index contributed by atoms with van der Waals surface area (Å²) in [5.74, 6) is 4.96. The Bertz CT molecular complexity index is 95.1. The second-order valence-electron chi connectivity index (χ2n) is 2.22. The number of rotatable bonds is 2. The van der Waals surface area contributed by atoms with Gasteiger partial charge in [0.1, 0.15) is 0 Å². The summed E-state index contributed by atoms with van der Waals surface area (Å²) in [7, 11) is 3.24. The Kier molecular flexibility index (Phi) is 1.72. The van der Waals surface area contributed by atoms with E-state index in [-0.39, 0.29) is 0 Å². The molecular weight excluding hydrogens is 120 g/mol. The highest BCUT2D eigenvalue weighted by molar-refractivity contribution is 4.85. The number of hydrogen-bond acceptors (Lipinski definition) is 4. The number of nitrogens with zero attached hydrogens (tertiary/aromatic N) is 1. The van der Waals surface area contributed by atoms with Crippen LogP contribution in [0.2, 0.25) is 0 Å². The first-order valence-electron chi connectivity index (χ1n) is 2.82. The van der Waals surface area contributed by atoms with E-state index in [0.29, 0.717) is 13.1 Å². The molecule has 1 aliphatic rings. The minimum Gasteiger partial charge on any atom is -0.351 e. The topological polar surface area (TPSA) is 47.7 Å². The maximum atomic E-state index is 5.38. The third-order valence-corrected chi connectivity index (χ3v) is 1.63. The van der Waals surface area contributed by atoms with Gasteiger partial charge in [-0.05, 0) is 0 Å². The summed E-state index contributed by atoms with van der Waals surface area (Å²) in [6, 6.07) is 0. The van der Waals surface area contributed by atoms with E-state index in [4.69, 9.17) is 15.3 Å². The Morgan fingerprint density at radius 2 is 1.78 bits per heavy atom. The van der Waals surface area contributed by atoms with Crippen LogP contribution in [0.15, 0.2) is 0 Å². The average molecular weight is 132 g/mol. The Morgan fingerprint density at radius 3 is 1.89 bits per heavy atom. The quantitative estimate of drug-likeness (QED) is 0.393. The van der Waals surface area contributed by atoms with Gasteiger partial charge in [0, 0.05) is 14.2 Å². The first-order chi connectivity index (χ1) is 4.22. The predicted molar refractivity (Wildman–Crippen MR) is 32.5 cm³/mol. The molecule has 2 N–H and O–H groups in total. The third kappa shape index (κ3) is 1.07. The van der Waals surface area contributed by atoms with Gasteiger partial charge in [-0.25, -0.2) is 5.01 Å². The molecule has 0 aromatic rings. The maximum Gasteiger partial charge on any atom is 0.196 e. The van der Waals surface area contributed by atoms with E-state index < -0.39 is 5.79 Å². The van der Waals surface area contributed by atoms with Crippen molar-refractivity contribution in [3.8, 4) is 0 Å². The van der Waals surface area contributed by atoms with Crippen molar-refractivity contribution in [2.75, 3.05) is 27.3 Å². The first-order valence-corrected chi connectivity index (χ1v) is 2.82. The Hall–Kier alpha value is -0.160. The van der Waals surface area contributed by atoms with E-state index in [9.17, 15) is 0 Å². The van der Waals surface area contributed by atoms with Gasteiger partial charge in [0.25, 0.3) is 0 Å². The SMILES string of the molecule is COC1(OC)CN(N)C1. The molecule has 0 aromatic carbocycles. The normalized spacial score (nSPS) is 25.7. The zero-order valence-electron chi connectivity index (χ0n) is 5.76. The van der Waals surface area contributed by atoms with Crippen molar-refractivity contribution in [2.45, 2.75) is 5.79 Å². The molecule has 0 aromatic heterocycles. The van der Waals surface area contributed by atoms with Crippen LogP contribution < -0.4 is 5.84 Å². The highest BCUT2D eigenvalue weighted by atomic mass is 16.7. The van der Waals surface area contributed by atoms with Crippen LogP contribution in [0.4, 0.5) is 0 Å². The molecule has 1 heterocycles. The largest absolute Gasteiger partial charge is 0.351 e. The molecule has 0 amide bonds. The highest BCUT2D eigenvalue weighted by Crippen LogP contribution is 2.21. The Balaban J connectivity index is 2.36. The molecule has 54 valence electrons. The van der Waals surface area contributed by atoms with Crippen molar-refractivity contribution in [2.24, 2.45) is 5.84 Å². The molecule has 0 unspecified atom stereocenters.